The molecule has 0 fully saturated rings. The molecule has 108 valence electrons. The summed E-state index contributed by atoms with van der Waals surface area (Å²) < 4.78 is 5.10. The molecule has 0 aliphatic carbocycles. The summed E-state index contributed by atoms with van der Waals surface area (Å²) in [6, 6.07) is 7.19. The molecule has 20 heavy (non-hydrogen) atoms. The van der Waals surface area contributed by atoms with Crippen LogP contribution in [0.1, 0.15) is 26.3 Å². The van der Waals surface area contributed by atoms with Crippen molar-refractivity contribution in [2.24, 2.45) is 10.4 Å². The van der Waals surface area contributed by atoms with Crippen molar-refractivity contribution in [3.63, 3.8) is 0 Å². The van der Waals surface area contributed by atoms with Gasteiger partial charge >= 0.3 is 0 Å². The van der Waals surface area contributed by atoms with Gasteiger partial charge in [-0.25, -0.2) is 0 Å². The van der Waals surface area contributed by atoms with Gasteiger partial charge in [0, 0.05) is 18.0 Å². The van der Waals surface area contributed by atoms with E-state index in [0.717, 1.165) is 17.6 Å². The van der Waals surface area contributed by atoms with Crippen molar-refractivity contribution in [2.75, 3.05) is 14.2 Å². The number of aliphatic hydroxyl groups excluding tert-OH is 1. The van der Waals surface area contributed by atoms with Crippen LogP contribution in [0.15, 0.2) is 41.1 Å². The Morgan fingerprint density at radius 1 is 1.25 bits per heavy atom. The highest BCUT2D eigenvalue weighted by molar-refractivity contribution is 6.29. The third kappa shape index (κ3) is 3.47. The smallest absolute Gasteiger partial charge is 0.173 e. The number of benzene rings is 1. The van der Waals surface area contributed by atoms with E-state index in [2.05, 4.69) is 4.99 Å². The Balaban J connectivity index is 3.21. The molecule has 0 bridgehead atoms. The van der Waals surface area contributed by atoms with Gasteiger partial charge in [0.05, 0.1) is 24.7 Å². The maximum absolute atomic E-state index is 12.4. The molecule has 0 spiro atoms. The van der Waals surface area contributed by atoms with Crippen LogP contribution in [-0.2, 0) is 4.79 Å². The van der Waals surface area contributed by atoms with E-state index in [-0.39, 0.29) is 11.4 Å². The van der Waals surface area contributed by atoms with Crippen LogP contribution >= 0.6 is 0 Å². The van der Waals surface area contributed by atoms with E-state index in [1.807, 2.05) is 0 Å². The van der Waals surface area contributed by atoms with Crippen LogP contribution in [-0.4, -0.2) is 30.8 Å². The quantitative estimate of drug-likeness (QED) is 0.521. The van der Waals surface area contributed by atoms with Crippen LogP contribution in [0.2, 0.25) is 0 Å². The predicted octanol–water partition coefficient (Wildman–Crippen LogP) is 3.17. The number of aliphatic imine (C=N–C) groups is 1. The summed E-state index contributed by atoms with van der Waals surface area (Å²) in [6.07, 6.45) is 0.833. The Morgan fingerprint density at radius 3 is 2.15 bits per heavy atom. The fourth-order valence-corrected chi connectivity index (χ4v) is 1.79. The monoisotopic (exact) mass is 275 g/mol. The minimum absolute atomic E-state index is 0.156. The molecule has 0 saturated heterocycles. The van der Waals surface area contributed by atoms with Crippen molar-refractivity contribution in [1.29, 1.82) is 0 Å². The number of allylic oxidation sites excluding steroid dienone is 1. The molecule has 1 N–H and O–H groups in total. The highest BCUT2D eigenvalue weighted by Gasteiger charge is 2.28. The summed E-state index contributed by atoms with van der Waals surface area (Å²) >= 11 is 0. The van der Waals surface area contributed by atoms with Crippen molar-refractivity contribution in [3.8, 4) is 5.75 Å². The summed E-state index contributed by atoms with van der Waals surface area (Å²) in [5.41, 5.74) is 0.850. The predicted molar refractivity (Wildman–Crippen MR) is 80.6 cm³/mol. The van der Waals surface area contributed by atoms with Gasteiger partial charge in [-0.05, 0) is 24.3 Å². The third-order valence-corrected chi connectivity index (χ3v) is 2.90. The van der Waals surface area contributed by atoms with Crippen LogP contribution in [0, 0.1) is 5.41 Å². The van der Waals surface area contributed by atoms with Crippen molar-refractivity contribution >= 4 is 11.5 Å². The number of ether oxygens (including phenoxy) is 1. The number of rotatable bonds is 4. The first-order valence-electron chi connectivity index (χ1n) is 6.36. The molecule has 1 rings (SSSR count). The number of Topliss-reactive ketones (excluding diaryl/α,β-unsaturated/α-hetero) is 1. The Morgan fingerprint density at radius 2 is 1.80 bits per heavy atom. The average molecular weight is 275 g/mol. The molecule has 0 saturated carbocycles. The van der Waals surface area contributed by atoms with Gasteiger partial charge in [-0.2, -0.15) is 0 Å². The Kier molecular flexibility index (Phi) is 5.08. The minimum atomic E-state index is -0.586. The highest BCUT2D eigenvalue weighted by atomic mass is 16.5. The van der Waals surface area contributed by atoms with Crippen LogP contribution in [0.5, 0.6) is 5.75 Å². The number of carbonyl (C=O) groups excluding carboxylic acids is 1. The molecule has 0 aromatic heterocycles. The number of hydrogen-bond donors (Lipinski definition) is 1. The van der Waals surface area contributed by atoms with Gasteiger partial charge < -0.3 is 9.84 Å². The second kappa shape index (κ2) is 6.37. The largest absolute Gasteiger partial charge is 0.515 e. The van der Waals surface area contributed by atoms with Crippen molar-refractivity contribution < 1.29 is 14.6 Å². The number of nitrogens with zero attached hydrogens (tertiary/aromatic N) is 1. The van der Waals surface area contributed by atoms with E-state index >= 15 is 0 Å². The molecule has 4 nitrogen and oxygen atoms in total. The third-order valence-electron chi connectivity index (χ3n) is 2.90. The Bertz CT molecular complexity index is 534. The summed E-state index contributed by atoms with van der Waals surface area (Å²) in [4.78, 5) is 16.5. The summed E-state index contributed by atoms with van der Waals surface area (Å²) in [5.74, 6) is 0.567. The zero-order chi connectivity index (χ0) is 15.3. The fourth-order valence-electron chi connectivity index (χ4n) is 1.79. The molecular weight excluding hydrogens is 254 g/mol. The Hall–Kier alpha value is -2.10. The molecule has 0 amide bonds. The SMILES string of the molecule is CN=C(/C(=C/O)C(=O)C(C)(C)C)c1ccc(OC)cc1. The van der Waals surface area contributed by atoms with Gasteiger partial charge in [0.2, 0.25) is 0 Å². The molecule has 4 heteroatoms. The van der Waals surface area contributed by atoms with Gasteiger partial charge in [0.25, 0.3) is 0 Å². The maximum atomic E-state index is 12.4. The van der Waals surface area contributed by atoms with Crippen LogP contribution in [0.25, 0.3) is 0 Å². The van der Waals surface area contributed by atoms with E-state index in [4.69, 9.17) is 4.74 Å². The average Bonchev–Trinajstić information content (AvgIpc) is 2.43. The zero-order valence-corrected chi connectivity index (χ0v) is 12.6. The fraction of sp³-hybridized carbons (Fsp3) is 0.375. The number of methoxy groups -OCH3 is 1. The van der Waals surface area contributed by atoms with Crippen molar-refractivity contribution in [1.82, 2.24) is 0 Å². The first-order valence-corrected chi connectivity index (χ1v) is 6.36. The lowest BCUT2D eigenvalue weighted by Gasteiger charge is -2.19. The molecule has 1 aromatic rings. The van der Waals surface area contributed by atoms with Gasteiger partial charge in [-0.3, -0.25) is 9.79 Å². The first-order chi connectivity index (χ1) is 9.35. The minimum Gasteiger partial charge on any atom is -0.515 e. The van der Waals surface area contributed by atoms with Crippen LogP contribution in [0.4, 0.5) is 0 Å². The van der Waals surface area contributed by atoms with E-state index in [9.17, 15) is 9.90 Å². The standard InChI is InChI=1S/C16H21NO3/c1-16(2,3)15(19)13(10-18)14(17-4)11-6-8-12(20-5)9-7-11/h6-10,18H,1-5H3/b13-10-,17-14?. The molecule has 0 aliphatic heterocycles. The maximum Gasteiger partial charge on any atom is 0.173 e. The summed E-state index contributed by atoms with van der Waals surface area (Å²) in [7, 11) is 3.19. The molecular formula is C16H21NO3. The summed E-state index contributed by atoms with van der Waals surface area (Å²) in [5, 5.41) is 9.43. The Labute approximate surface area is 119 Å². The number of hydrogen-bond acceptors (Lipinski definition) is 4. The van der Waals surface area contributed by atoms with Crippen LogP contribution < -0.4 is 4.74 Å². The molecule has 1 aromatic carbocycles. The second-order valence-electron chi connectivity index (χ2n) is 5.42. The molecule has 0 aliphatic rings. The number of carbonyl (C=O) groups is 1. The number of aliphatic hydroxyl groups is 1. The molecule has 0 unspecified atom stereocenters. The van der Waals surface area contributed by atoms with Crippen molar-refractivity contribution in [2.45, 2.75) is 20.8 Å². The van der Waals surface area contributed by atoms with E-state index in [0.29, 0.717) is 5.71 Å². The topological polar surface area (TPSA) is 58.9 Å². The second-order valence-corrected chi connectivity index (χ2v) is 5.42. The first kappa shape index (κ1) is 16.0. The summed E-state index contributed by atoms with van der Waals surface area (Å²) in [6.45, 7) is 5.42. The molecule has 0 heterocycles. The van der Waals surface area contributed by atoms with Gasteiger partial charge in [0.1, 0.15) is 5.75 Å². The van der Waals surface area contributed by atoms with Gasteiger partial charge in [-0.15, -0.1) is 0 Å². The lowest BCUT2D eigenvalue weighted by atomic mass is 9.83. The van der Waals surface area contributed by atoms with Gasteiger partial charge in [0.15, 0.2) is 5.78 Å². The van der Waals surface area contributed by atoms with E-state index < -0.39 is 5.41 Å². The van der Waals surface area contributed by atoms with E-state index in [1.165, 1.54) is 0 Å². The highest BCUT2D eigenvalue weighted by Crippen LogP contribution is 2.23. The normalized spacial score (nSPS) is 13.2. The number of ketones is 1. The zero-order valence-electron chi connectivity index (χ0n) is 12.6. The lowest BCUT2D eigenvalue weighted by Crippen LogP contribution is -2.26. The van der Waals surface area contributed by atoms with E-state index in [1.54, 1.807) is 59.2 Å². The van der Waals surface area contributed by atoms with Crippen LogP contribution in [0.3, 0.4) is 0 Å². The van der Waals surface area contributed by atoms with Crippen molar-refractivity contribution in [3.05, 3.63) is 41.7 Å². The molecule has 0 atom stereocenters. The lowest BCUT2D eigenvalue weighted by molar-refractivity contribution is -0.122. The van der Waals surface area contributed by atoms with Gasteiger partial charge in [-0.1, -0.05) is 20.8 Å². The molecule has 0 radical (unpaired) electrons.